The van der Waals surface area contributed by atoms with Crippen LogP contribution in [0.2, 0.25) is 0 Å². The van der Waals surface area contributed by atoms with E-state index in [0.717, 1.165) is 5.46 Å². The van der Waals surface area contributed by atoms with Crippen LogP contribution < -0.4 is 15.5 Å². The molecule has 1 aliphatic rings. The van der Waals surface area contributed by atoms with E-state index in [-0.39, 0.29) is 10.8 Å². The molecule has 1 heterocycles. The fourth-order valence-electron chi connectivity index (χ4n) is 4.21. The summed E-state index contributed by atoms with van der Waals surface area (Å²) in [5.41, 5.74) is 1.47. The highest BCUT2D eigenvalue weighted by Gasteiger charge is 2.51. The molecule has 2 N–H and O–H groups in total. The van der Waals surface area contributed by atoms with Gasteiger partial charge in [-0.25, -0.2) is 8.42 Å². The molecule has 41 heavy (non-hydrogen) atoms. The number of amides is 1. The molecule has 0 bridgehead atoms. The summed E-state index contributed by atoms with van der Waals surface area (Å²) in [5.74, 6) is -0.396. The van der Waals surface area contributed by atoms with E-state index >= 15 is 0 Å². The Bertz CT molecular complexity index is 1480. The van der Waals surface area contributed by atoms with E-state index in [9.17, 15) is 13.2 Å². The van der Waals surface area contributed by atoms with Crippen molar-refractivity contribution in [2.24, 2.45) is 16.1 Å². The molecule has 11 heteroatoms. The molecule has 1 fully saturated rings. The number of azo groups is 1. The van der Waals surface area contributed by atoms with Gasteiger partial charge in [0, 0.05) is 5.69 Å². The summed E-state index contributed by atoms with van der Waals surface area (Å²) in [6.07, 6.45) is 0.311. The van der Waals surface area contributed by atoms with E-state index < -0.39 is 40.3 Å². The molecule has 1 amide bonds. The smallest absolute Gasteiger partial charge is 0.399 e. The first-order valence-corrected chi connectivity index (χ1v) is 15.1. The van der Waals surface area contributed by atoms with E-state index in [1.165, 1.54) is 12.1 Å². The summed E-state index contributed by atoms with van der Waals surface area (Å²) in [7, 11) is -4.58. The molecule has 1 aliphatic heterocycles. The number of hydrogen-bond acceptors (Lipinski definition) is 7. The first-order chi connectivity index (χ1) is 19.3. The molecule has 3 aromatic rings. The van der Waals surface area contributed by atoms with E-state index in [0.29, 0.717) is 23.5 Å². The number of carbonyl (C=O) groups is 1. The van der Waals surface area contributed by atoms with Gasteiger partial charge in [0.15, 0.2) is 0 Å². The standard InChI is InChI=1S/C30H37BN4O5S/c1-21(2)19-27(28(36)32-25-14-10-11-22(20-25)31-39-29(3,4)30(5,6)40-31)35-41(37,38)26-17-15-24(16-18-26)34-33-23-12-8-7-9-13-23/h7-18,20-21,27,35H,19H2,1-6H3,(H,32,36)/t27-/m0/s1. The molecule has 3 aromatic carbocycles. The van der Waals surface area contributed by atoms with E-state index in [1.807, 2.05) is 77.9 Å². The third kappa shape index (κ3) is 7.68. The average molecular weight is 577 g/mol. The maximum Gasteiger partial charge on any atom is 0.494 e. The van der Waals surface area contributed by atoms with Crippen LogP contribution in [0.3, 0.4) is 0 Å². The zero-order valence-corrected chi connectivity index (χ0v) is 25.1. The van der Waals surface area contributed by atoms with Crippen LogP contribution >= 0.6 is 0 Å². The van der Waals surface area contributed by atoms with Crippen LogP contribution in [0.5, 0.6) is 0 Å². The first kappa shape index (κ1) is 30.6. The molecule has 0 spiro atoms. The van der Waals surface area contributed by atoms with Gasteiger partial charge in [-0.3, -0.25) is 4.79 Å². The van der Waals surface area contributed by atoms with Gasteiger partial charge in [0.25, 0.3) is 0 Å². The van der Waals surface area contributed by atoms with Crippen molar-refractivity contribution in [3.8, 4) is 0 Å². The molecular formula is C30H37BN4O5S. The summed E-state index contributed by atoms with van der Waals surface area (Å²) in [6, 6.07) is 21.5. The van der Waals surface area contributed by atoms with Gasteiger partial charge in [0.05, 0.1) is 27.5 Å². The lowest BCUT2D eigenvalue weighted by atomic mass is 9.79. The Balaban J connectivity index is 1.46. The predicted octanol–water partition coefficient (Wildman–Crippen LogP) is 5.73. The van der Waals surface area contributed by atoms with Crippen molar-refractivity contribution in [3.05, 3.63) is 78.9 Å². The van der Waals surface area contributed by atoms with Crippen LogP contribution in [-0.4, -0.2) is 38.7 Å². The van der Waals surface area contributed by atoms with Crippen LogP contribution in [0, 0.1) is 5.92 Å². The molecule has 1 saturated heterocycles. The molecule has 0 unspecified atom stereocenters. The Morgan fingerprint density at radius 1 is 0.854 bits per heavy atom. The molecule has 0 aliphatic carbocycles. The van der Waals surface area contributed by atoms with Gasteiger partial charge in [0.2, 0.25) is 15.9 Å². The topological polar surface area (TPSA) is 118 Å². The Hall–Kier alpha value is -3.38. The second-order valence-corrected chi connectivity index (χ2v) is 13.2. The maximum atomic E-state index is 13.3. The van der Waals surface area contributed by atoms with Crippen molar-refractivity contribution in [1.82, 2.24) is 4.72 Å². The summed E-state index contributed by atoms with van der Waals surface area (Å²) in [5, 5.41) is 11.2. The zero-order valence-electron chi connectivity index (χ0n) is 24.3. The third-order valence-electron chi connectivity index (χ3n) is 7.18. The summed E-state index contributed by atoms with van der Waals surface area (Å²) >= 11 is 0. The fraction of sp³-hybridized carbons (Fsp3) is 0.367. The molecule has 216 valence electrons. The van der Waals surface area contributed by atoms with Gasteiger partial charge >= 0.3 is 7.12 Å². The lowest BCUT2D eigenvalue weighted by Gasteiger charge is -2.32. The van der Waals surface area contributed by atoms with Gasteiger partial charge in [-0.1, -0.05) is 44.2 Å². The number of benzene rings is 3. The summed E-state index contributed by atoms with van der Waals surface area (Å²) in [4.78, 5) is 13.4. The van der Waals surface area contributed by atoms with E-state index in [2.05, 4.69) is 20.3 Å². The normalized spacial score (nSPS) is 17.2. The van der Waals surface area contributed by atoms with Crippen molar-refractivity contribution >= 4 is 45.6 Å². The number of sulfonamides is 1. The van der Waals surface area contributed by atoms with Crippen molar-refractivity contribution < 1.29 is 22.5 Å². The zero-order chi connectivity index (χ0) is 29.8. The molecule has 9 nitrogen and oxygen atoms in total. The molecular weight excluding hydrogens is 539 g/mol. The molecule has 4 rings (SSSR count). The number of rotatable bonds is 10. The highest BCUT2D eigenvalue weighted by molar-refractivity contribution is 7.89. The highest BCUT2D eigenvalue weighted by atomic mass is 32.2. The largest absolute Gasteiger partial charge is 0.494 e. The van der Waals surface area contributed by atoms with Crippen molar-refractivity contribution in [2.75, 3.05) is 5.32 Å². The van der Waals surface area contributed by atoms with Crippen LogP contribution in [0.15, 0.2) is 94.0 Å². The number of nitrogens with zero attached hydrogens (tertiary/aromatic N) is 2. The molecule has 0 aromatic heterocycles. The minimum Gasteiger partial charge on any atom is -0.399 e. The van der Waals surface area contributed by atoms with Gasteiger partial charge in [-0.05, 0) is 94.0 Å². The van der Waals surface area contributed by atoms with E-state index in [1.54, 1.807) is 30.3 Å². The molecule has 0 saturated carbocycles. The minimum absolute atomic E-state index is 0.0282. The van der Waals surface area contributed by atoms with Gasteiger partial charge in [-0.15, -0.1) is 0 Å². The van der Waals surface area contributed by atoms with Crippen LogP contribution in [0.1, 0.15) is 48.0 Å². The number of hydrogen-bond donors (Lipinski definition) is 2. The predicted molar refractivity (Wildman–Crippen MR) is 161 cm³/mol. The number of anilines is 1. The first-order valence-electron chi connectivity index (χ1n) is 13.6. The Labute approximate surface area is 243 Å². The van der Waals surface area contributed by atoms with Crippen LogP contribution in [-0.2, 0) is 24.1 Å². The molecule has 0 radical (unpaired) electrons. The quantitative estimate of drug-likeness (QED) is 0.236. The van der Waals surface area contributed by atoms with E-state index in [4.69, 9.17) is 9.31 Å². The third-order valence-corrected chi connectivity index (χ3v) is 8.67. The lowest BCUT2D eigenvalue weighted by Crippen LogP contribution is -2.44. The molecule has 1 atom stereocenters. The highest BCUT2D eigenvalue weighted by Crippen LogP contribution is 2.36. The van der Waals surface area contributed by atoms with Crippen LogP contribution in [0.4, 0.5) is 17.1 Å². The number of carbonyl (C=O) groups excluding carboxylic acids is 1. The summed E-state index contributed by atoms with van der Waals surface area (Å²) in [6.45, 7) is 11.8. The van der Waals surface area contributed by atoms with Gasteiger partial charge in [0.1, 0.15) is 6.04 Å². The van der Waals surface area contributed by atoms with Gasteiger partial charge < -0.3 is 14.6 Å². The average Bonchev–Trinajstić information content (AvgIpc) is 3.14. The summed E-state index contributed by atoms with van der Waals surface area (Å²) < 4.78 is 41.3. The Morgan fingerprint density at radius 2 is 1.44 bits per heavy atom. The number of nitrogens with one attached hydrogen (secondary N) is 2. The van der Waals surface area contributed by atoms with Crippen LogP contribution in [0.25, 0.3) is 0 Å². The SMILES string of the molecule is CC(C)C[C@H](NS(=O)(=O)c1ccc(N=Nc2ccccc2)cc1)C(=O)Nc1cccc(B2OC(C)(C)C(C)(C)O2)c1. The Morgan fingerprint density at radius 3 is 2.02 bits per heavy atom. The van der Waals surface area contributed by atoms with Crippen molar-refractivity contribution in [1.29, 1.82) is 0 Å². The second-order valence-electron chi connectivity index (χ2n) is 11.5. The van der Waals surface area contributed by atoms with Crippen molar-refractivity contribution in [2.45, 2.75) is 70.1 Å². The maximum absolute atomic E-state index is 13.3. The monoisotopic (exact) mass is 576 g/mol. The van der Waals surface area contributed by atoms with Gasteiger partial charge in [-0.2, -0.15) is 15.0 Å². The Kier molecular flexibility index (Phi) is 9.13. The second kappa shape index (κ2) is 12.2. The fourth-order valence-corrected chi connectivity index (χ4v) is 5.42. The minimum atomic E-state index is -4.00. The lowest BCUT2D eigenvalue weighted by molar-refractivity contribution is -0.118. The van der Waals surface area contributed by atoms with Crippen molar-refractivity contribution in [3.63, 3.8) is 0 Å².